The number of aromatic nitrogens is 2. The number of nitrogens with one attached hydrogen (secondary N) is 1. The largest absolute Gasteiger partial charge is 0.370 e. The van der Waals surface area contributed by atoms with Crippen LogP contribution in [0.4, 0.5) is 5.82 Å². The van der Waals surface area contributed by atoms with Crippen LogP contribution in [0.5, 0.6) is 0 Å². The number of nitrogens with zero attached hydrogens (tertiary/aromatic N) is 2. The van der Waals surface area contributed by atoms with Crippen molar-refractivity contribution in [3.63, 3.8) is 0 Å². The summed E-state index contributed by atoms with van der Waals surface area (Å²) < 4.78 is 0. The van der Waals surface area contributed by atoms with E-state index in [0.29, 0.717) is 0 Å². The summed E-state index contributed by atoms with van der Waals surface area (Å²) in [4.78, 5) is 9.04. The third-order valence-electron chi connectivity index (χ3n) is 2.53. The van der Waals surface area contributed by atoms with Gasteiger partial charge in [-0.1, -0.05) is 13.3 Å². The Morgan fingerprint density at radius 1 is 1.13 bits per heavy atom. The molecular formula is C12H21N3. The molecular weight excluding hydrogens is 186 g/mol. The molecule has 0 aliphatic heterocycles. The van der Waals surface area contributed by atoms with Gasteiger partial charge >= 0.3 is 0 Å². The van der Waals surface area contributed by atoms with Gasteiger partial charge < -0.3 is 5.32 Å². The topological polar surface area (TPSA) is 37.8 Å². The van der Waals surface area contributed by atoms with Crippen LogP contribution in [0, 0.1) is 13.8 Å². The minimum Gasteiger partial charge on any atom is -0.370 e. The van der Waals surface area contributed by atoms with E-state index in [-0.39, 0.29) is 0 Å². The van der Waals surface area contributed by atoms with E-state index >= 15 is 0 Å². The van der Waals surface area contributed by atoms with E-state index in [2.05, 4.69) is 36.1 Å². The quantitative estimate of drug-likeness (QED) is 0.806. The van der Waals surface area contributed by atoms with Crippen molar-refractivity contribution in [1.29, 1.82) is 0 Å². The van der Waals surface area contributed by atoms with Gasteiger partial charge in [-0.2, -0.15) is 0 Å². The third kappa shape index (κ3) is 3.18. The number of hydrogen-bond acceptors (Lipinski definition) is 3. The van der Waals surface area contributed by atoms with Crippen molar-refractivity contribution < 1.29 is 0 Å². The molecule has 84 valence electrons. The maximum atomic E-state index is 4.54. The Morgan fingerprint density at radius 2 is 1.87 bits per heavy atom. The van der Waals surface area contributed by atoms with Crippen LogP contribution in [0.3, 0.4) is 0 Å². The fraction of sp³-hybridized carbons (Fsp3) is 0.667. The van der Waals surface area contributed by atoms with Gasteiger partial charge in [-0.3, -0.25) is 0 Å². The van der Waals surface area contributed by atoms with Gasteiger partial charge in [0.15, 0.2) is 0 Å². The highest BCUT2D eigenvalue weighted by atomic mass is 15.0. The molecule has 1 rings (SSSR count). The molecule has 0 amide bonds. The molecule has 3 nitrogen and oxygen atoms in total. The maximum absolute atomic E-state index is 4.54. The predicted molar refractivity (Wildman–Crippen MR) is 64.3 cm³/mol. The van der Waals surface area contributed by atoms with E-state index in [1.54, 1.807) is 0 Å². The van der Waals surface area contributed by atoms with Crippen LogP contribution < -0.4 is 5.32 Å². The lowest BCUT2D eigenvalue weighted by atomic mass is 10.2. The van der Waals surface area contributed by atoms with Crippen molar-refractivity contribution in [1.82, 2.24) is 9.97 Å². The zero-order valence-electron chi connectivity index (χ0n) is 10.2. The first kappa shape index (κ1) is 12.0. The fourth-order valence-electron chi connectivity index (χ4n) is 1.47. The molecule has 0 fully saturated rings. The number of aryl methyl sites for hydroxylation is 2. The van der Waals surface area contributed by atoms with Gasteiger partial charge in [0.1, 0.15) is 11.6 Å². The molecule has 0 radical (unpaired) electrons. The van der Waals surface area contributed by atoms with Crippen molar-refractivity contribution in [2.45, 2.75) is 47.0 Å². The third-order valence-corrected chi connectivity index (χ3v) is 2.53. The van der Waals surface area contributed by atoms with E-state index in [0.717, 1.165) is 42.3 Å². The maximum Gasteiger partial charge on any atom is 0.132 e. The molecule has 0 aromatic carbocycles. The first-order valence-corrected chi connectivity index (χ1v) is 5.77. The van der Waals surface area contributed by atoms with E-state index in [9.17, 15) is 0 Å². The molecule has 0 saturated heterocycles. The zero-order valence-corrected chi connectivity index (χ0v) is 10.2. The fourth-order valence-corrected chi connectivity index (χ4v) is 1.47. The summed E-state index contributed by atoms with van der Waals surface area (Å²) in [7, 11) is 0. The molecule has 0 aliphatic rings. The molecule has 0 saturated carbocycles. The highest BCUT2D eigenvalue weighted by molar-refractivity contribution is 5.45. The lowest BCUT2D eigenvalue weighted by Gasteiger charge is -2.10. The van der Waals surface area contributed by atoms with Crippen LogP contribution in [0.1, 0.15) is 43.8 Å². The monoisotopic (exact) mass is 207 g/mol. The summed E-state index contributed by atoms with van der Waals surface area (Å²) in [5, 5.41) is 3.28. The summed E-state index contributed by atoms with van der Waals surface area (Å²) >= 11 is 0. The Morgan fingerprint density at radius 3 is 2.47 bits per heavy atom. The molecule has 0 unspecified atom stereocenters. The van der Waals surface area contributed by atoms with Crippen LogP contribution in [-0.2, 0) is 6.42 Å². The van der Waals surface area contributed by atoms with Crippen LogP contribution in [0.2, 0.25) is 0 Å². The minimum atomic E-state index is 0.907. The molecule has 0 spiro atoms. The Hall–Kier alpha value is -1.12. The summed E-state index contributed by atoms with van der Waals surface area (Å²) in [6, 6.07) is 0. The Kier molecular flexibility index (Phi) is 4.53. The first-order valence-electron chi connectivity index (χ1n) is 5.77. The van der Waals surface area contributed by atoms with Crippen molar-refractivity contribution >= 4 is 5.82 Å². The predicted octanol–water partition coefficient (Wildman–Crippen LogP) is 2.87. The second kappa shape index (κ2) is 5.69. The average molecular weight is 207 g/mol. The van der Waals surface area contributed by atoms with Gasteiger partial charge in [0, 0.05) is 24.2 Å². The first-order chi connectivity index (χ1) is 7.19. The van der Waals surface area contributed by atoms with E-state index in [1.807, 2.05) is 6.92 Å². The highest BCUT2D eigenvalue weighted by Gasteiger charge is 2.06. The Bertz CT molecular complexity index is 321. The van der Waals surface area contributed by atoms with Gasteiger partial charge in [-0.15, -0.1) is 0 Å². The van der Waals surface area contributed by atoms with E-state index in [4.69, 9.17) is 0 Å². The van der Waals surface area contributed by atoms with Crippen molar-refractivity contribution in [3.8, 4) is 0 Å². The summed E-state index contributed by atoms with van der Waals surface area (Å²) in [6.07, 6.45) is 3.33. The minimum absolute atomic E-state index is 0.907. The molecule has 1 aromatic rings. The molecule has 3 heteroatoms. The molecule has 0 bridgehead atoms. The number of rotatable bonds is 5. The number of hydrogen-bond donors (Lipinski definition) is 1. The zero-order chi connectivity index (χ0) is 11.3. The molecule has 0 aliphatic carbocycles. The van der Waals surface area contributed by atoms with Crippen LogP contribution >= 0.6 is 0 Å². The van der Waals surface area contributed by atoms with Crippen LogP contribution in [0.25, 0.3) is 0 Å². The number of anilines is 1. The van der Waals surface area contributed by atoms with E-state index < -0.39 is 0 Å². The molecule has 1 aromatic heterocycles. The molecule has 1 heterocycles. The van der Waals surface area contributed by atoms with Gasteiger partial charge in [0.05, 0.1) is 0 Å². The second-order valence-corrected chi connectivity index (χ2v) is 3.83. The summed E-state index contributed by atoms with van der Waals surface area (Å²) in [5.41, 5.74) is 2.25. The number of unbranched alkanes of at least 4 members (excludes halogenated alkanes) is 1. The normalized spacial score (nSPS) is 10.4. The van der Waals surface area contributed by atoms with E-state index in [1.165, 1.54) is 6.42 Å². The summed E-state index contributed by atoms with van der Waals surface area (Å²) in [5.74, 6) is 1.96. The van der Waals surface area contributed by atoms with Crippen molar-refractivity contribution in [2.75, 3.05) is 11.9 Å². The Balaban J connectivity index is 2.90. The SMILES string of the molecule is CCCCc1nc(C)c(C)c(NCC)n1. The van der Waals surface area contributed by atoms with Crippen LogP contribution in [0.15, 0.2) is 0 Å². The van der Waals surface area contributed by atoms with Gasteiger partial charge in [0.25, 0.3) is 0 Å². The van der Waals surface area contributed by atoms with Crippen molar-refractivity contribution in [2.24, 2.45) is 0 Å². The molecule has 1 N–H and O–H groups in total. The van der Waals surface area contributed by atoms with Gasteiger partial charge in [-0.25, -0.2) is 9.97 Å². The van der Waals surface area contributed by atoms with Crippen LogP contribution in [-0.4, -0.2) is 16.5 Å². The highest BCUT2D eigenvalue weighted by Crippen LogP contribution is 2.15. The van der Waals surface area contributed by atoms with Gasteiger partial charge in [0.2, 0.25) is 0 Å². The lowest BCUT2D eigenvalue weighted by molar-refractivity contribution is 0.746. The standard InChI is InChI=1S/C12H21N3/c1-5-7-8-11-14-10(4)9(3)12(15-11)13-6-2/h5-8H2,1-4H3,(H,13,14,15). The molecule has 0 atom stereocenters. The van der Waals surface area contributed by atoms with Gasteiger partial charge in [-0.05, 0) is 27.2 Å². The smallest absolute Gasteiger partial charge is 0.132 e. The lowest BCUT2D eigenvalue weighted by Crippen LogP contribution is -2.08. The second-order valence-electron chi connectivity index (χ2n) is 3.83. The summed E-state index contributed by atoms with van der Waals surface area (Å²) in [6.45, 7) is 9.30. The average Bonchev–Trinajstić information content (AvgIpc) is 2.22. The molecule has 15 heavy (non-hydrogen) atoms. The van der Waals surface area contributed by atoms with Crippen molar-refractivity contribution in [3.05, 3.63) is 17.1 Å². The Labute approximate surface area is 92.3 Å².